The highest BCUT2D eigenvalue weighted by Gasteiger charge is 2.18. The minimum absolute atomic E-state index is 0.155. The number of aryl methyl sites for hydroxylation is 2. The fourth-order valence-corrected chi connectivity index (χ4v) is 3.10. The Morgan fingerprint density at radius 2 is 1.82 bits per heavy atom. The second kappa shape index (κ2) is 8.83. The molecular weight excluding hydrogens is 353 g/mol. The van der Waals surface area contributed by atoms with E-state index in [-0.39, 0.29) is 11.7 Å². The van der Waals surface area contributed by atoms with E-state index < -0.39 is 0 Å². The number of amides is 1. The third kappa shape index (κ3) is 4.47. The van der Waals surface area contributed by atoms with Gasteiger partial charge in [-0.3, -0.25) is 4.79 Å². The van der Waals surface area contributed by atoms with E-state index in [0.29, 0.717) is 17.9 Å². The Morgan fingerprint density at radius 1 is 1.07 bits per heavy atom. The summed E-state index contributed by atoms with van der Waals surface area (Å²) in [6.07, 6.45) is 3.13. The van der Waals surface area contributed by atoms with E-state index in [9.17, 15) is 9.18 Å². The lowest BCUT2D eigenvalue weighted by Crippen LogP contribution is -2.27. The van der Waals surface area contributed by atoms with Crippen molar-refractivity contribution in [3.8, 4) is 16.9 Å². The first-order valence-corrected chi connectivity index (χ1v) is 9.71. The van der Waals surface area contributed by atoms with Crippen LogP contribution < -0.4 is 5.32 Å². The second-order valence-corrected chi connectivity index (χ2v) is 7.09. The molecule has 0 atom stereocenters. The normalized spacial score (nSPS) is 10.9. The number of halogens is 1. The van der Waals surface area contributed by atoms with Gasteiger partial charge in [0.15, 0.2) is 0 Å². The molecule has 0 bridgehead atoms. The molecule has 3 rings (SSSR count). The van der Waals surface area contributed by atoms with Crippen LogP contribution in [0.25, 0.3) is 16.9 Å². The van der Waals surface area contributed by atoms with E-state index in [4.69, 9.17) is 0 Å². The molecule has 0 saturated heterocycles. The maximum absolute atomic E-state index is 13.3. The number of hydrogen-bond acceptors (Lipinski definition) is 2. The molecule has 1 N–H and O–H groups in total. The molecule has 3 aromatic rings. The van der Waals surface area contributed by atoms with Crippen LogP contribution in [0.1, 0.15) is 47.8 Å². The molecule has 1 amide bonds. The van der Waals surface area contributed by atoms with E-state index in [1.54, 1.807) is 22.9 Å². The van der Waals surface area contributed by atoms with Crippen molar-refractivity contribution in [3.63, 3.8) is 0 Å². The monoisotopic (exact) mass is 379 g/mol. The largest absolute Gasteiger partial charge is 0.351 e. The summed E-state index contributed by atoms with van der Waals surface area (Å²) in [6, 6.07) is 14.0. The van der Waals surface area contributed by atoms with Crippen LogP contribution in [0.2, 0.25) is 0 Å². The van der Waals surface area contributed by atoms with Crippen molar-refractivity contribution >= 4 is 5.91 Å². The van der Waals surface area contributed by atoms with Gasteiger partial charge in [-0.15, -0.1) is 0 Å². The van der Waals surface area contributed by atoms with Crippen LogP contribution in [0.3, 0.4) is 0 Å². The first kappa shape index (κ1) is 19.8. The van der Waals surface area contributed by atoms with Gasteiger partial charge in [0.05, 0.1) is 11.4 Å². The van der Waals surface area contributed by atoms with Crippen LogP contribution in [0, 0.1) is 19.7 Å². The number of carbonyl (C=O) groups is 1. The maximum Gasteiger partial charge on any atom is 0.270 e. The Morgan fingerprint density at radius 3 is 2.54 bits per heavy atom. The van der Waals surface area contributed by atoms with Crippen molar-refractivity contribution in [2.45, 2.75) is 40.0 Å². The zero-order valence-electron chi connectivity index (χ0n) is 16.6. The quantitative estimate of drug-likeness (QED) is 0.573. The van der Waals surface area contributed by atoms with Crippen molar-refractivity contribution in [2.24, 2.45) is 0 Å². The fourth-order valence-electron chi connectivity index (χ4n) is 3.10. The minimum Gasteiger partial charge on any atom is -0.351 e. The number of carbonyl (C=O) groups excluding carboxylic acids is 1. The first-order valence-electron chi connectivity index (χ1n) is 9.71. The zero-order chi connectivity index (χ0) is 20.1. The molecule has 146 valence electrons. The first-order chi connectivity index (χ1) is 13.5. The molecule has 0 spiro atoms. The fraction of sp³-hybridized carbons (Fsp3) is 0.304. The van der Waals surface area contributed by atoms with E-state index in [0.717, 1.165) is 41.6 Å². The number of nitrogens with zero attached hydrogens (tertiary/aromatic N) is 2. The highest BCUT2D eigenvalue weighted by molar-refractivity contribution is 5.94. The molecule has 0 saturated carbocycles. The topological polar surface area (TPSA) is 46.9 Å². The molecule has 1 aromatic heterocycles. The van der Waals surface area contributed by atoms with Gasteiger partial charge in [-0.05, 0) is 67.8 Å². The lowest BCUT2D eigenvalue weighted by molar-refractivity contribution is 0.0945. The predicted octanol–water partition coefficient (Wildman–Crippen LogP) is 5.22. The van der Waals surface area contributed by atoms with Crippen molar-refractivity contribution in [1.82, 2.24) is 15.1 Å². The van der Waals surface area contributed by atoms with Gasteiger partial charge in [0, 0.05) is 12.1 Å². The summed E-state index contributed by atoms with van der Waals surface area (Å²) in [6.45, 7) is 6.78. The summed E-state index contributed by atoms with van der Waals surface area (Å²) in [7, 11) is 0. The van der Waals surface area contributed by atoms with Crippen molar-refractivity contribution in [2.75, 3.05) is 6.54 Å². The summed E-state index contributed by atoms with van der Waals surface area (Å²) in [5, 5.41) is 7.67. The number of unbranched alkanes of at least 4 members (excludes halogenated alkanes) is 2. The van der Waals surface area contributed by atoms with E-state index in [1.807, 2.05) is 32.0 Å². The third-order valence-corrected chi connectivity index (χ3v) is 4.74. The lowest BCUT2D eigenvalue weighted by atomic mass is 10.1. The van der Waals surface area contributed by atoms with Gasteiger partial charge in [-0.1, -0.05) is 31.9 Å². The summed E-state index contributed by atoms with van der Waals surface area (Å²) in [4.78, 5) is 12.9. The minimum atomic E-state index is -0.299. The molecular formula is C23H26FN3O. The predicted molar refractivity (Wildman–Crippen MR) is 110 cm³/mol. The van der Waals surface area contributed by atoms with Crippen LogP contribution in [0.15, 0.2) is 48.5 Å². The number of nitrogens with one attached hydrogen (secondary N) is 1. The third-order valence-electron chi connectivity index (χ3n) is 4.74. The number of rotatable bonds is 7. The SMILES string of the molecule is CCCCCNC(=O)c1cc(-c2ccc(F)cc2)nn1-c1cc(C)ccc1C. The maximum atomic E-state index is 13.3. The van der Waals surface area contributed by atoms with Crippen molar-refractivity contribution in [1.29, 1.82) is 0 Å². The molecule has 2 aromatic carbocycles. The van der Waals surface area contributed by atoms with Gasteiger partial charge in [-0.2, -0.15) is 5.10 Å². The summed E-state index contributed by atoms with van der Waals surface area (Å²) in [5.41, 5.74) is 4.87. The Balaban J connectivity index is 2.01. The van der Waals surface area contributed by atoms with Gasteiger partial charge in [0.25, 0.3) is 5.91 Å². The zero-order valence-corrected chi connectivity index (χ0v) is 16.6. The molecule has 4 nitrogen and oxygen atoms in total. The van der Waals surface area contributed by atoms with Crippen LogP contribution in [0.5, 0.6) is 0 Å². The summed E-state index contributed by atoms with van der Waals surface area (Å²) in [5.74, 6) is -0.454. The van der Waals surface area contributed by atoms with Gasteiger partial charge in [-0.25, -0.2) is 9.07 Å². The highest BCUT2D eigenvalue weighted by atomic mass is 19.1. The molecule has 0 unspecified atom stereocenters. The van der Waals surface area contributed by atoms with E-state index in [1.165, 1.54) is 12.1 Å². The van der Waals surface area contributed by atoms with Crippen LogP contribution in [-0.2, 0) is 0 Å². The Labute approximate surface area is 165 Å². The van der Waals surface area contributed by atoms with Crippen LogP contribution in [0.4, 0.5) is 4.39 Å². The standard InChI is InChI=1S/C23H26FN3O/c1-4-5-6-13-25-23(28)22-15-20(18-9-11-19(24)12-10-18)26-27(22)21-14-16(2)7-8-17(21)3/h7-12,14-15H,4-6,13H2,1-3H3,(H,25,28). The molecule has 28 heavy (non-hydrogen) atoms. The van der Waals surface area contributed by atoms with E-state index >= 15 is 0 Å². The average molecular weight is 379 g/mol. The van der Waals surface area contributed by atoms with Gasteiger partial charge >= 0.3 is 0 Å². The summed E-state index contributed by atoms with van der Waals surface area (Å²) >= 11 is 0. The molecule has 0 fully saturated rings. The molecule has 0 aliphatic rings. The number of hydrogen-bond donors (Lipinski definition) is 1. The second-order valence-electron chi connectivity index (χ2n) is 7.09. The van der Waals surface area contributed by atoms with Crippen molar-refractivity contribution in [3.05, 3.63) is 71.2 Å². The number of benzene rings is 2. The van der Waals surface area contributed by atoms with Gasteiger partial charge < -0.3 is 5.32 Å². The van der Waals surface area contributed by atoms with Crippen LogP contribution in [-0.4, -0.2) is 22.2 Å². The molecule has 5 heteroatoms. The van der Waals surface area contributed by atoms with Gasteiger partial charge in [0.2, 0.25) is 0 Å². The Kier molecular flexibility index (Phi) is 6.24. The highest BCUT2D eigenvalue weighted by Crippen LogP contribution is 2.24. The molecule has 0 aliphatic heterocycles. The molecule has 0 radical (unpaired) electrons. The van der Waals surface area contributed by atoms with E-state index in [2.05, 4.69) is 17.3 Å². The molecule has 1 heterocycles. The smallest absolute Gasteiger partial charge is 0.270 e. The van der Waals surface area contributed by atoms with Gasteiger partial charge in [0.1, 0.15) is 11.5 Å². The lowest BCUT2D eigenvalue weighted by Gasteiger charge is -2.11. The summed E-state index contributed by atoms with van der Waals surface area (Å²) < 4.78 is 15.0. The Hall–Kier alpha value is -2.95. The molecule has 0 aliphatic carbocycles. The van der Waals surface area contributed by atoms with Crippen LogP contribution >= 0.6 is 0 Å². The Bertz CT molecular complexity index is 960. The van der Waals surface area contributed by atoms with Crippen molar-refractivity contribution < 1.29 is 9.18 Å². The average Bonchev–Trinajstić information content (AvgIpc) is 3.13. The number of aromatic nitrogens is 2.